The average Bonchev–Trinajstić information content (AvgIpc) is 2.71. The first-order chi connectivity index (χ1) is 13.9. The zero-order valence-electron chi connectivity index (χ0n) is 16.8. The molecule has 1 atom stereocenters. The number of halogens is 3. The highest BCUT2D eigenvalue weighted by molar-refractivity contribution is 5.94. The molecule has 2 aromatic carbocycles. The van der Waals surface area contributed by atoms with Gasteiger partial charge in [-0.1, -0.05) is 31.2 Å². The van der Waals surface area contributed by atoms with E-state index in [9.17, 15) is 13.6 Å². The minimum absolute atomic E-state index is 0. The normalized spacial score (nSPS) is 11.3. The molecule has 0 heterocycles. The van der Waals surface area contributed by atoms with Crippen molar-refractivity contribution in [3.05, 3.63) is 64.7 Å². The maximum Gasteiger partial charge on any atom is 0.254 e. The fraction of sp³-hybridized carbons (Fsp3) is 0.333. The van der Waals surface area contributed by atoms with Gasteiger partial charge in [0.15, 0.2) is 17.7 Å². The molecular formula is C21H26ClF2N3O3. The van der Waals surface area contributed by atoms with Crippen LogP contribution in [-0.4, -0.2) is 25.0 Å². The Labute approximate surface area is 180 Å². The monoisotopic (exact) mass is 441 g/mol. The number of benzene rings is 2. The van der Waals surface area contributed by atoms with E-state index < -0.39 is 29.2 Å². The van der Waals surface area contributed by atoms with Gasteiger partial charge in [0.25, 0.3) is 5.91 Å². The van der Waals surface area contributed by atoms with E-state index in [0.717, 1.165) is 11.6 Å². The van der Waals surface area contributed by atoms with Crippen molar-refractivity contribution in [2.75, 3.05) is 13.2 Å². The zero-order chi connectivity index (χ0) is 21.4. The van der Waals surface area contributed by atoms with Crippen molar-refractivity contribution in [1.29, 1.82) is 5.41 Å². The summed E-state index contributed by atoms with van der Waals surface area (Å²) in [4.78, 5) is 12.6. The number of amides is 1. The predicted molar refractivity (Wildman–Crippen MR) is 113 cm³/mol. The molecule has 0 aromatic heterocycles. The van der Waals surface area contributed by atoms with E-state index in [2.05, 4.69) is 5.32 Å². The molecule has 0 unspecified atom stereocenters. The molecule has 0 spiro atoms. The summed E-state index contributed by atoms with van der Waals surface area (Å²) in [5.74, 6) is -2.69. The van der Waals surface area contributed by atoms with Crippen molar-refractivity contribution >= 4 is 24.1 Å². The molecule has 2 rings (SSSR count). The number of ether oxygens (including phenoxy) is 2. The van der Waals surface area contributed by atoms with E-state index >= 15 is 0 Å². The second kappa shape index (κ2) is 12.1. The van der Waals surface area contributed by atoms with Crippen molar-refractivity contribution in [3.8, 4) is 5.75 Å². The summed E-state index contributed by atoms with van der Waals surface area (Å²) in [5.41, 5.74) is 6.22. The van der Waals surface area contributed by atoms with Crippen molar-refractivity contribution in [2.24, 2.45) is 5.73 Å². The molecule has 9 heteroatoms. The van der Waals surface area contributed by atoms with Crippen LogP contribution in [0.4, 0.5) is 8.78 Å². The number of hydrogen-bond acceptors (Lipinski definition) is 4. The van der Waals surface area contributed by atoms with Gasteiger partial charge in [0, 0.05) is 18.7 Å². The molecule has 0 saturated carbocycles. The summed E-state index contributed by atoms with van der Waals surface area (Å²) >= 11 is 0. The van der Waals surface area contributed by atoms with Crippen LogP contribution in [-0.2, 0) is 16.1 Å². The van der Waals surface area contributed by atoms with Crippen LogP contribution in [0.5, 0.6) is 5.75 Å². The quantitative estimate of drug-likeness (QED) is 0.385. The van der Waals surface area contributed by atoms with Gasteiger partial charge >= 0.3 is 0 Å². The zero-order valence-corrected chi connectivity index (χ0v) is 17.7. The second-order valence-electron chi connectivity index (χ2n) is 6.29. The topological polar surface area (TPSA) is 97.4 Å². The van der Waals surface area contributed by atoms with Gasteiger partial charge in [-0.05, 0) is 31.0 Å². The standard InChI is InChI=1S/C21H25F2N3O3.ClH/c1-3-11-29-16-10-9-15(22)17(18(16)23)19(28-4-2)21(27)26-12-13-5-7-14(8-6-13)20(24)25;/h5-10,19H,3-4,11-12H2,1-2H3,(H3,24,25)(H,26,27);1H/t19-;/m0./s1. The summed E-state index contributed by atoms with van der Waals surface area (Å²) in [7, 11) is 0. The maximum absolute atomic E-state index is 14.8. The van der Waals surface area contributed by atoms with Crippen LogP contribution in [0.25, 0.3) is 0 Å². The summed E-state index contributed by atoms with van der Waals surface area (Å²) in [6.07, 6.45) is -0.800. The third-order valence-corrected chi connectivity index (χ3v) is 4.12. The number of nitrogen functional groups attached to an aromatic ring is 1. The van der Waals surface area contributed by atoms with Crippen LogP contribution in [0.1, 0.15) is 43.1 Å². The van der Waals surface area contributed by atoms with E-state index in [0.29, 0.717) is 12.0 Å². The van der Waals surface area contributed by atoms with Gasteiger partial charge in [0.05, 0.1) is 12.2 Å². The van der Waals surface area contributed by atoms with Crippen LogP contribution < -0.4 is 15.8 Å². The fourth-order valence-electron chi connectivity index (χ4n) is 2.65. The number of rotatable bonds is 10. The van der Waals surface area contributed by atoms with E-state index in [-0.39, 0.29) is 43.8 Å². The number of carbonyl (C=O) groups excluding carboxylic acids is 1. The lowest BCUT2D eigenvalue weighted by atomic mass is 10.1. The number of nitrogens with two attached hydrogens (primary N) is 1. The van der Waals surface area contributed by atoms with Gasteiger partial charge in [-0.25, -0.2) is 8.78 Å². The summed E-state index contributed by atoms with van der Waals surface area (Å²) in [6, 6.07) is 8.96. The molecule has 0 aliphatic rings. The minimum atomic E-state index is -1.46. The molecular weight excluding hydrogens is 416 g/mol. The lowest BCUT2D eigenvalue weighted by Gasteiger charge is -2.20. The van der Waals surface area contributed by atoms with E-state index in [1.54, 1.807) is 31.2 Å². The molecule has 0 fully saturated rings. The SMILES string of the molecule is CCCOc1ccc(F)c([C@H](OCC)C(=O)NCc2ccc(C(=N)N)cc2)c1F.Cl. The largest absolute Gasteiger partial charge is 0.491 e. The molecule has 0 bridgehead atoms. The van der Waals surface area contributed by atoms with Gasteiger partial charge in [-0.2, -0.15) is 0 Å². The Hall–Kier alpha value is -2.71. The molecule has 0 radical (unpaired) electrons. The van der Waals surface area contributed by atoms with Gasteiger partial charge < -0.3 is 20.5 Å². The van der Waals surface area contributed by atoms with Crippen molar-refractivity contribution in [2.45, 2.75) is 32.9 Å². The summed E-state index contributed by atoms with van der Waals surface area (Å²) in [5, 5.41) is 10.0. The summed E-state index contributed by atoms with van der Waals surface area (Å²) < 4.78 is 39.8. The Balaban J connectivity index is 0.00000450. The Kier molecular flexibility index (Phi) is 10.2. The molecule has 1 amide bonds. The third kappa shape index (κ3) is 6.40. The van der Waals surface area contributed by atoms with E-state index in [1.165, 1.54) is 6.07 Å². The minimum Gasteiger partial charge on any atom is -0.491 e. The highest BCUT2D eigenvalue weighted by Crippen LogP contribution is 2.30. The number of amidine groups is 1. The van der Waals surface area contributed by atoms with Crippen LogP contribution in [0.2, 0.25) is 0 Å². The number of nitrogens with one attached hydrogen (secondary N) is 2. The molecule has 0 saturated heterocycles. The van der Waals surface area contributed by atoms with Gasteiger partial charge in [0.2, 0.25) is 0 Å². The number of hydrogen-bond donors (Lipinski definition) is 3. The lowest BCUT2D eigenvalue weighted by Crippen LogP contribution is -2.31. The van der Waals surface area contributed by atoms with Crippen LogP contribution in [0.15, 0.2) is 36.4 Å². The fourth-order valence-corrected chi connectivity index (χ4v) is 2.65. The maximum atomic E-state index is 14.8. The van der Waals surface area contributed by atoms with Crippen molar-refractivity contribution in [1.82, 2.24) is 5.32 Å². The first-order valence-electron chi connectivity index (χ1n) is 9.32. The van der Waals surface area contributed by atoms with E-state index in [1.807, 2.05) is 6.92 Å². The third-order valence-electron chi connectivity index (χ3n) is 4.12. The lowest BCUT2D eigenvalue weighted by molar-refractivity contribution is -0.133. The first-order valence-corrected chi connectivity index (χ1v) is 9.32. The van der Waals surface area contributed by atoms with Crippen molar-refractivity contribution < 1.29 is 23.0 Å². The highest BCUT2D eigenvalue weighted by Gasteiger charge is 2.29. The Morgan fingerprint density at radius 1 is 1.17 bits per heavy atom. The molecule has 0 aliphatic heterocycles. The van der Waals surface area contributed by atoms with Gasteiger partial charge in [-0.3, -0.25) is 10.2 Å². The van der Waals surface area contributed by atoms with E-state index in [4.69, 9.17) is 20.6 Å². The Bertz CT molecular complexity index is 863. The molecule has 30 heavy (non-hydrogen) atoms. The van der Waals surface area contributed by atoms with Gasteiger partial charge in [-0.15, -0.1) is 12.4 Å². The molecule has 4 N–H and O–H groups in total. The average molecular weight is 442 g/mol. The first kappa shape index (κ1) is 25.3. The summed E-state index contributed by atoms with van der Waals surface area (Å²) in [6.45, 7) is 3.97. The smallest absolute Gasteiger partial charge is 0.254 e. The molecule has 2 aromatic rings. The van der Waals surface area contributed by atoms with Crippen molar-refractivity contribution in [3.63, 3.8) is 0 Å². The Morgan fingerprint density at radius 2 is 1.83 bits per heavy atom. The predicted octanol–water partition coefficient (Wildman–Crippen LogP) is 3.85. The molecule has 164 valence electrons. The van der Waals surface area contributed by atoms with Crippen LogP contribution >= 0.6 is 12.4 Å². The van der Waals surface area contributed by atoms with Gasteiger partial charge in [0.1, 0.15) is 11.7 Å². The molecule has 6 nitrogen and oxygen atoms in total. The van der Waals surface area contributed by atoms with Crippen LogP contribution in [0, 0.1) is 17.0 Å². The Morgan fingerprint density at radius 3 is 2.40 bits per heavy atom. The van der Waals surface area contributed by atoms with Crippen LogP contribution in [0.3, 0.4) is 0 Å². The second-order valence-corrected chi connectivity index (χ2v) is 6.29. The molecule has 0 aliphatic carbocycles. The number of carbonyl (C=O) groups is 1. The highest BCUT2D eigenvalue weighted by atomic mass is 35.5.